The second-order valence-electron chi connectivity index (χ2n) is 4.87. The number of aryl methyl sites for hydroxylation is 1. The van der Waals surface area contributed by atoms with Crippen LogP contribution in [0.25, 0.3) is 0 Å². The van der Waals surface area contributed by atoms with Crippen molar-refractivity contribution in [3.8, 4) is 0 Å². The molecule has 0 amide bonds. The van der Waals surface area contributed by atoms with Gasteiger partial charge in [-0.2, -0.15) is 5.10 Å². The summed E-state index contributed by atoms with van der Waals surface area (Å²) in [4.78, 5) is 0. The Hall–Kier alpha value is -0.830. The molecule has 2 rings (SSSR count). The summed E-state index contributed by atoms with van der Waals surface area (Å²) >= 11 is 0. The van der Waals surface area contributed by atoms with Gasteiger partial charge in [0.1, 0.15) is 0 Å². The Bertz CT molecular complexity index is 306. The molecule has 3 nitrogen and oxygen atoms in total. The number of hydrogen-bond acceptors (Lipinski definition) is 2. The highest BCUT2D eigenvalue weighted by atomic mass is 15.2. The predicted molar refractivity (Wildman–Crippen MR) is 61.5 cm³/mol. The number of nitrogens with zero attached hydrogens (tertiary/aromatic N) is 2. The largest absolute Gasteiger partial charge is 0.310 e. The van der Waals surface area contributed by atoms with Crippen molar-refractivity contribution in [3.05, 3.63) is 18.0 Å². The fourth-order valence-corrected chi connectivity index (χ4v) is 2.44. The molecule has 1 aromatic rings. The molecule has 1 N–H and O–H groups in total. The third kappa shape index (κ3) is 3.06. The van der Waals surface area contributed by atoms with Crippen LogP contribution in [-0.4, -0.2) is 15.8 Å². The highest BCUT2D eigenvalue weighted by molar-refractivity contribution is 5.03. The van der Waals surface area contributed by atoms with Gasteiger partial charge in [0.05, 0.1) is 6.20 Å². The SMILES string of the molecule is CC1CCCC(NCc2cnn(C)c2)C1. The van der Waals surface area contributed by atoms with Gasteiger partial charge in [-0.3, -0.25) is 4.68 Å². The van der Waals surface area contributed by atoms with E-state index < -0.39 is 0 Å². The normalized spacial score (nSPS) is 26.8. The molecular weight excluding hydrogens is 186 g/mol. The molecule has 2 atom stereocenters. The second-order valence-corrected chi connectivity index (χ2v) is 4.87. The molecule has 0 aromatic carbocycles. The number of aromatic nitrogens is 2. The van der Waals surface area contributed by atoms with Gasteiger partial charge >= 0.3 is 0 Å². The maximum absolute atomic E-state index is 4.17. The summed E-state index contributed by atoms with van der Waals surface area (Å²) in [7, 11) is 1.96. The van der Waals surface area contributed by atoms with E-state index in [-0.39, 0.29) is 0 Å². The third-order valence-corrected chi connectivity index (χ3v) is 3.29. The lowest BCUT2D eigenvalue weighted by Gasteiger charge is -2.27. The Labute approximate surface area is 91.9 Å². The van der Waals surface area contributed by atoms with Crippen molar-refractivity contribution in [2.45, 2.75) is 45.2 Å². The fourth-order valence-electron chi connectivity index (χ4n) is 2.44. The molecule has 0 aliphatic heterocycles. The van der Waals surface area contributed by atoms with E-state index in [0.717, 1.165) is 12.5 Å². The van der Waals surface area contributed by atoms with Gasteiger partial charge in [0.25, 0.3) is 0 Å². The zero-order valence-corrected chi connectivity index (χ0v) is 9.74. The van der Waals surface area contributed by atoms with Gasteiger partial charge in [-0.1, -0.05) is 19.8 Å². The molecule has 0 radical (unpaired) electrons. The summed E-state index contributed by atoms with van der Waals surface area (Å²) < 4.78 is 1.86. The van der Waals surface area contributed by atoms with Gasteiger partial charge < -0.3 is 5.32 Å². The van der Waals surface area contributed by atoms with E-state index in [1.807, 2.05) is 17.9 Å². The summed E-state index contributed by atoms with van der Waals surface area (Å²) in [5.74, 6) is 0.894. The molecule has 0 spiro atoms. The van der Waals surface area contributed by atoms with Crippen molar-refractivity contribution in [2.75, 3.05) is 0 Å². The summed E-state index contributed by atoms with van der Waals surface area (Å²) in [6.45, 7) is 3.32. The first-order valence-electron chi connectivity index (χ1n) is 5.95. The van der Waals surface area contributed by atoms with E-state index in [1.54, 1.807) is 0 Å². The van der Waals surface area contributed by atoms with Crippen molar-refractivity contribution in [2.24, 2.45) is 13.0 Å². The van der Waals surface area contributed by atoms with Crippen LogP contribution in [0.3, 0.4) is 0 Å². The fraction of sp³-hybridized carbons (Fsp3) is 0.750. The molecule has 1 aromatic heterocycles. The van der Waals surface area contributed by atoms with Gasteiger partial charge in [0, 0.05) is 31.4 Å². The Balaban J connectivity index is 1.77. The number of nitrogens with one attached hydrogen (secondary N) is 1. The number of hydrogen-bond donors (Lipinski definition) is 1. The summed E-state index contributed by atoms with van der Waals surface area (Å²) in [6.07, 6.45) is 9.49. The van der Waals surface area contributed by atoms with Gasteiger partial charge in [0.2, 0.25) is 0 Å². The van der Waals surface area contributed by atoms with Crippen LogP contribution < -0.4 is 5.32 Å². The lowest BCUT2D eigenvalue weighted by atomic mass is 9.87. The molecule has 2 unspecified atom stereocenters. The van der Waals surface area contributed by atoms with Gasteiger partial charge in [-0.05, 0) is 18.8 Å². The first-order chi connectivity index (χ1) is 7.24. The standard InChI is InChI=1S/C12H21N3/c1-10-4-3-5-12(6-10)13-7-11-8-14-15(2)9-11/h8-10,12-13H,3-7H2,1-2H3. The molecule has 1 fully saturated rings. The second kappa shape index (κ2) is 4.79. The first kappa shape index (κ1) is 10.7. The van der Waals surface area contributed by atoms with Crippen LogP contribution in [0.4, 0.5) is 0 Å². The highest BCUT2D eigenvalue weighted by Gasteiger charge is 2.17. The molecule has 84 valence electrons. The Kier molecular flexibility index (Phi) is 3.41. The minimum Gasteiger partial charge on any atom is -0.310 e. The van der Waals surface area contributed by atoms with Crippen LogP contribution in [-0.2, 0) is 13.6 Å². The molecule has 1 saturated carbocycles. The topological polar surface area (TPSA) is 29.9 Å². The first-order valence-corrected chi connectivity index (χ1v) is 5.95. The van der Waals surface area contributed by atoms with E-state index in [2.05, 4.69) is 23.5 Å². The van der Waals surface area contributed by atoms with Crippen molar-refractivity contribution in [3.63, 3.8) is 0 Å². The maximum Gasteiger partial charge on any atom is 0.0534 e. The van der Waals surface area contributed by atoms with Gasteiger partial charge in [-0.25, -0.2) is 0 Å². The molecule has 15 heavy (non-hydrogen) atoms. The van der Waals surface area contributed by atoms with Crippen molar-refractivity contribution in [1.29, 1.82) is 0 Å². The Morgan fingerprint density at radius 1 is 1.53 bits per heavy atom. The monoisotopic (exact) mass is 207 g/mol. The van der Waals surface area contributed by atoms with Crippen LogP contribution >= 0.6 is 0 Å². The number of rotatable bonds is 3. The molecule has 3 heteroatoms. The van der Waals surface area contributed by atoms with Crippen LogP contribution in [0.15, 0.2) is 12.4 Å². The van der Waals surface area contributed by atoms with Gasteiger partial charge in [0.15, 0.2) is 0 Å². The molecule has 1 aliphatic carbocycles. The van der Waals surface area contributed by atoms with E-state index in [0.29, 0.717) is 6.04 Å². The van der Waals surface area contributed by atoms with E-state index in [1.165, 1.54) is 31.2 Å². The van der Waals surface area contributed by atoms with E-state index >= 15 is 0 Å². The smallest absolute Gasteiger partial charge is 0.0534 e. The molecule has 1 aliphatic rings. The predicted octanol–water partition coefficient (Wildman–Crippen LogP) is 2.09. The zero-order chi connectivity index (χ0) is 10.7. The Morgan fingerprint density at radius 3 is 3.07 bits per heavy atom. The van der Waals surface area contributed by atoms with E-state index in [9.17, 15) is 0 Å². The minimum atomic E-state index is 0.717. The lowest BCUT2D eigenvalue weighted by molar-refractivity contribution is 0.300. The summed E-state index contributed by atoms with van der Waals surface area (Å²) in [5.41, 5.74) is 1.29. The summed E-state index contributed by atoms with van der Waals surface area (Å²) in [5, 5.41) is 7.80. The van der Waals surface area contributed by atoms with Crippen molar-refractivity contribution in [1.82, 2.24) is 15.1 Å². The molecular formula is C12H21N3. The Morgan fingerprint density at radius 2 is 2.40 bits per heavy atom. The zero-order valence-electron chi connectivity index (χ0n) is 9.74. The van der Waals surface area contributed by atoms with Crippen molar-refractivity contribution < 1.29 is 0 Å². The van der Waals surface area contributed by atoms with Crippen LogP contribution in [0, 0.1) is 5.92 Å². The van der Waals surface area contributed by atoms with Crippen LogP contribution in [0.5, 0.6) is 0 Å². The minimum absolute atomic E-state index is 0.717. The lowest BCUT2D eigenvalue weighted by Crippen LogP contribution is -2.32. The quantitative estimate of drug-likeness (QED) is 0.822. The van der Waals surface area contributed by atoms with Gasteiger partial charge in [-0.15, -0.1) is 0 Å². The maximum atomic E-state index is 4.17. The highest BCUT2D eigenvalue weighted by Crippen LogP contribution is 2.23. The third-order valence-electron chi connectivity index (χ3n) is 3.29. The molecule has 0 bridgehead atoms. The van der Waals surface area contributed by atoms with E-state index in [4.69, 9.17) is 0 Å². The van der Waals surface area contributed by atoms with Crippen LogP contribution in [0.2, 0.25) is 0 Å². The van der Waals surface area contributed by atoms with Crippen molar-refractivity contribution >= 4 is 0 Å². The molecule has 0 saturated heterocycles. The molecule has 1 heterocycles. The van der Waals surface area contributed by atoms with Crippen LogP contribution in [0.1, 0.15) is 38.2 Å². The average molecular weight is 207 g/mol. The summed E-state index contributed by atoms with van der Waals surface area (Å²) in [6, 6.07) is 0.717. The average Bonchev–Trinajstić information content (AvgIpc) is 2.62.